The van der Waals surface area contributed by atoms with E-state index in [9.17, 15) is 14.4 Å². The zero-order valence-corrected chi connectivity index (χ0v) is 25.8. The van der Waals surface area contributed by atoms with Crippen LogP contribution in [0.3, 0.4) is 0 Å². The first kappa shape index (κ1) is 30.2. The fourth-order valence-electron chi connectivity index (χ4n) is 4.65. The van der Waals surface area contributed by atoms with E-state index >= 15 is 0 Å². The number of nitrogens with zero attached hydrogens (tertiary/aromatic N) is 2. The maximum absolute atomic E-state index is 13.9. The van der Waals surface area contributed by atoms with Gasteiger partial charge in [0.2, 0.25) is 0 Å². The topological polar surface area (TPSA) is 76.2 Å². The molecule has 0 spiro atoms. The maximum Gasteiger partial charge on any atom is 0.410 e. The SMILES string of the molecule is C[C@@H]([C@@H](CO[Si](C)(C)C(C)(C)C)N(Cc1ccccc1)C(=O)OCc1ccccc1)N1C(=O)c2ccccc2C1=O. The molecular weight excluding hydrogens is 532 g/mol. The lowest BCUT2D eigenvalue weighted by molar-refractivity contribution is 0.0255. The number of fused-ring (bicyclic) bond motifs is 1. The summed E-state index contributed by atoms with van der Waals surface area (Å²) in [7, 11) is -2.26. The van der Waals surface area contributed by atoms with E-state index in [2.05, 4.69) is 33.9 Å². The molecule has 3 aromatic carbocycles. The zero-order chi connectivity index (χ0) is 29.8. The van der Waals surface area contributed by atoms with Gasteiger partial charge in [0.1, 0.15) is 6.61 Å². The van der Waals surface area contributed by atoms with Gasteiger partial charge in [-0.05, 0) is 48.3 Å². The van der Waals surface area contributed by atoms with Crippen LogP contribution in [0, 0.1) is 0 Å². The smallest absolute Gasteiger partial charge is 0.410 e. The van der Waals surface area contributed by atoms with Crippen molar-refractivity contribution in [2.45, 2.75) is 71.1 Å². The van der Waals surface area contributed by atoms with Crippen LogP contribution in [0.4, 0.5) is 4.79 Å². The summed E-state index contributed by atoms with van der Waals surface area (Å²) in [5.74, 6) is -0.736. The molecule has 0 bridgehead atoms. The van der Waals surface area contributed by atoms with Crippen LogP contribution in [0.1, 0.15) is 59.5 Å². The molecule has 4 rings (SSSR count). The third-order valence-corrected chi connectivity index (χ3v) is 12.7. The van der Waals surface area contributed by atoms with Gasteiger partial charge in [-0.2, -0.15) is 0 Å². The first-order chi connectivity index (χ1) is 19.4. The van der Waals surface area contributed by atoms with E-state index in [4.69, 9.17) is 9.16 Å². The molecule has 0 aromatic heterocycles. The number of benzene rings is 3. The van der Waals surface area contributed by atoms with Gasteiger partial charge in [0.25, 0.3) is 11.8 Å². The number of rotatable bonds is 10. The summed E-state index contributed by atoms with van der Waals surface area (Å²) in [6.07, 6.45) is -0.537. The van der Waals surface area contributed by atoms with Crippen LogP contribution < -0.4 is 0 Å². The Balaban J connectivity index is 1.70. The molecule has 8 heteroatoms. The molecule has 2 atom stereocenters. The van der Waals surface area contributed by atoms with Crippen molar-refractivity contribution in [1.29, 1.82) is 0 Å². The lowest BCUT2D eigenvalue weighted by atomic mass is 10.1. The summed E-state index contributed by atoms with van der Waals surface area (Å²) < 4.78 is 12.5. The molecule has 216 valence electrons. The Morgan fingerprint density at radius 3 is 1.83 bits per heavy atom. The minimum atomic E-state index is -2.26. The number of carbonyl (C=O) groups excluding carboxylic acids is 3. The molecule has 0 fully saturated rings. The number of ether oxygens (including phenoxy) is 1. The third kappa shape index (κ3) is 6.77. The molecule has 1 aliphatic rings. The molecular formula is C33H40N2O5Si. The Kier molecular flexibility index (Phi) is 9.14. The van der Waals surface area contributed by atoms with Crippen molar-refractivity contribution in [3.05, 3.63) is 107 Å². The molecule has 0 aliphatic carbocycles. The zero-order valence-electron chi connectivity index (χ0n) is 24.8. The monoisotopic (exact) mass is 572 g/mol. The van der Waals surface area contributed by atoms with E-state index in [1.165, 1.54) is 4.90 Å². The second-order valence-electron chi connectivity index (χ2n) is 12.1. The Bertz CT molecular complexity index is 1340. The second kappa shape index (κ2) is 12.4. The molecule has 7 nitrogen and oxygen atoms in total. The van der Waals surface area contributed by atoms with Crippen molar-refractivity contribution in [2.75, 3.05) is 6.61 Å². The van der Waals surface area contributed by atoms with Gasteiger partial charge in [0.05, 0.1) is 29.8 Å². The highest BCUT2D eigenvalue weighted by atomic mass is 28.4. The van der Waals surface area contributed by atoms with Gasteiger partial charge in [0.15, 0.2) is 8.32 Å². The van der Waals surface area contributed by atoms with Crippen LogP contribution in [0.5, 0.6) is 0 Å². The van der Waals surface area contributed by atoms with Gasteiger partial charge in [-0.15, -0.1) is 0 Å². The molecule has 3 amide bonds. The summed E-state index contributed by atoms with van der Waals surface area (Å²) in [5.41, 5.74) is 2.50. The van der Waals surface area contributed by atoms with Crippen molar-refractivity contribution >= 4 is 26.2 Å². The number of hydrogen-bond donors (Lipinski definition) is 0. The number of imide groups is 1. The largest absolute Gasteiger partial charge is 0.445 e. The summed E-state index contributed by atoms with van der Waals surface area (Å²) >= 11 is 0. The van der Waals surface area contributed by atoms with E-state index < -0.39 is 26.5 Å². The van der Waals surface area contributed by atoms with Crippen LogP contribution in [0.25, 0.3) is 0 Å². The Labute approximate surface area is 244 Å². The minimum Gasteiger partial charge on any atom is -0.445 e. The molecule has 1 heterocycles. The molecule has 0 saturated heterocycles. The van der Waals surface area contributed by atoms with Crippen molar-refractivity contribution in [3.8, 4) is 0 Å². The standard InChI is InChI=1S/C33H40N2O5Si/c1-24(35-30(36)27-19-13-14-20-28(27)31(35)37)29(23-40-41(5,6)33(2,3)4)34(21-25-15-9-7-10-16-25)32(38)39-22-26-17-11-8-12-18-26/h7-20,24,29H,21-23H2,1-6H3/t24-,29+/m0/s1. The Morgan fingerprint density at radius 1 is 0.829 bits per heavy atom. The van der Waals surface area contributed by atoms with Crippen molar-refractivity contribution in [3.63, 3.8) is 0 Å². The number of amides is 3. The van der Waals surface area contributed by atoms with E-state index in [0.717, 1.165) is 11.1 Å². The highest BCUT2D eigenvalue weighted by molar-refractivity contribution is 6.74. The first-order valence-electron chi connectivity index (χ1n) is 14.0. The average Bonchev–Trinajstić information content (AvgIpc) is 3.21. The fraction of sp³-hybridized carbons (Fsp3) is 0.364. The average molecular weight is 573 g/mol. The molecule has 0 unspecified atom stereocenters. The summed E-state index contributed by atoms with van der Waals surface area (Å²) in [6, 6.07) is 24.6. The molecule has 41 heavy (non-hydrogen) atoms. The molecule has 0 N–H and O–H groups in total. The Morgan fingerprint density at radius 2 is 1.32 bits per heavy atom. The fourth-order valence-corrected chi connectivity index (χ4v) is 5.67. The molecule has 0 saturated carbocycles. The normalized spacial score (nSPS) is 14.9. The molecule has 1 aliphatic heterocycles. The second-order valence-corrected chi connectivity index (χ2v) is 16.9. The van der Waals surface area contributed by atoms with Crippen molar-refractivity contribution in [2.24, 2.45) is 0 Å². The van der Waals surface area contributed by atoms with Gasteiger partial charge < -0.3 is 9.16 Å². The Hall–Kier alpha value is -3.75. The van der Waals surface area contributed by atoms with Crippen LogP contribution in [0.15, 0.2) is 84.9 Å². The highest BCUT2D eigenvalue weighted by Crippen LogP contribution is 2.37. The third-order valence-electron chi connectivity index (χ3n) is 8.25. The predicted molar refractivity (Wildman–Crippen MR) is 162 cm³/mol. The lowest BCUT2D eigenvalue weighted by Gasteiger charge is -2.42. The van der Waals surface area contributed by atoms with Gasteiger partial charge in [-0.3, -0.25) is 19.4 Å². The lowest BCUT2D eigenvalue weighted by Crippen LogP contribution is -2.57. The highest BCUT2D eigenvalue weighted by Gasteiger charge is 2.45. The first-order valence-corrected chi connectivity index (χ1v) is 16.9. The van der Waals surface area contributed by atoms with E-state index in [1.54, 1.807) is 29.2 Å². The van der Waals surface area contributed by atoms with E-state index in [0.29, 0.717) is 11.1 Å². The maximum atomic E-state index is 13.9. The summed E-state index contributed by atoms with van der Waals surface area (Å²) in [5, 5.41) is -0.0750. The minimum absolute atomic E-state index is 0.0750. The van der Waals surface area contributed by atoms with Crippen molar-refractivity contribution < 1.29 is 23.5 Å². The van der Waals surface area contributed by atoms with Gasteiger partial charge >= 0.3 is 6.09 Å². The van der Waals surface area contributed by atoms with Gasteiger partial charge in [-0.25, -0.2) is 4.79 Å². The summed E-state index contributed by atoms with van der Waals surface area (Å²) in [6.45, 7) is 13.0. The van der Waals surface area contributed by atoms with Gasteiger partial charge in [-0.1, -0.05) is 93.6 Å². The quantitative estimate of drug-likeness (QED) is 0.195. The van der Waals surface area contributed by atoms with Crippen molar-refractivity contribution in [1.82, 2.24) is 9.80 Å². The van der Waals surface area contributed by atoms with Crippen LogP contribution in [0.2, 0.25) is 18.1 Å². The molecule has 0 radical (unpaired) electrons. The predicted octanol–water partition coefficient (Wildman–Crippen LogP) is 6.90. The van der Waals surface area contributed by atoms with E-state index in [-0.39, 0.29) is 36.6 Å². The van der Waals surface area contributed by atoms with Gasteiger partial charge in [0, 0.05) is 6.54 Å². The molecule has 3 aromatic rings. The number of hydrogen-bond acceptors (Lipinski definition) is 5. The van der Waals surface area contributed by atoms with E-state index in [1.807, 2.05) is 67.6 Å². The number of carbonyl (C=O) groups is 3. The van der Waals surface area contributed by atoms with Crippen LogP contribution >= 0.6 is 0 Å². The summed E-state index contributed by atoms with van der Waals surface area (Å²) in [4.78, 5) is 43.8. The van der Waals surface area contributed by atoms with Crippen LogP contribution in [-0.4, -0.2) is 54.7 Å². The van der Waals surface area contributed by atoms with Crippen LogP contribution in [-0.2, 0) is 22.3 Å².